The van der Waals surface area contributed by atoms with Gasteiger partial charge in [0.05, 0.1) is 24.8 Å². The average molecular weight is 295 g/mol. The molecule has 118 valence electrons. The number of nitrogens with zero attached hydrogens (tertiary/aromatic N) is 3. The van der Waals surface area contributed by atoms with E-state index in [-0.39, 0.29) is 6.61 Å². The van der Waals surface area contributed by atoms with Crippen molar-refractivity contribution in [2.75, 3.05) is 19.7 Å². The van der Waals surface area contributed by atoms with Gasteiger partial charge in [0.15, 0.2) is 0 Å². The van der Waals surface area contributed by atoms with E-state index in [1.165, 1.54) is 0 Å². The maximum atomic E-state index is 11.7. The number of carboxylic acids is 1. The van der Waals surface area contributed by atoms with Crippen LogP contribution in [0, 0.1) is 5.41 Å². The Bertz CT molecular complexity index is 470. The molecule has 2 rings (SSSR count). The fraction of sp³-hybridized carbons (Fsp3) is 0.733. The van der Waals surface area contributed by atoms with E-state index in [0.717, 1.165) is 44.3 Å². The second-order valence-corrected chi connectivity index (χ2v) is 5.98. The Morgan fingerprint density at radius 2 is 2.33 bits per heavy atom. The predicted octanol–water partition coefficient (Wildman–Crippen LogP) is 1.34. The van der Waals surface area contributed by atoms with Crippen LogP contribution in [0.2, 0.25) is 0 Å². The fourth-order valence-corrected chi connectivity index (χ4v) is 3.30. The minimum absolute atomic E-state index is 0.0729. The molecule has 21 heavy (non-hydrogen) atoms. The first kappa shape index (κ1) is 16.0. The molecule has 1 aliphatic rings. The number of likely N-dealkylation sites (tertiary alicyclic amines) is 1. The molecular weight excluding hydrogens is 270 g/mol. The number of hydrogen-bond acceptors (Lipinski definition) is 4. The van der Waals surface area contributed by atoms with E-state index < -0.39 is 11.4 Å². The van der Waals surface area contributed by atoms with E-state index in [4.69, 9.17) is 5.11 Å². The number of carboxylic acid groups (broad SMARTS) is 1. The van der Waals surface area contributed by atoms with Crippen molar-refractivity contribution in [2.24, 2.45) is 5.41 Å². The lowest BCUT2D eigenvalue weighted by atomic mass is 9.76. The smallest absolute Gasteiger partial charge is 0.310 e. The zero-order valence-corrected chi connectivity index (χ0v) is 12.7. The largest absolute Gasteiger partial charge is 0.481 e. The first-order chi connectivity index (χ1) is 10.1. The fourth-order valence-electron chi connectivity index (χ4n) is 3.30. The third-order valence-electron chi connectivity index (χ3n) is 4.26. The molecule has 0 spiro atoms. The number of aliphatic carboxylic acids is 1. The molecule has 1 unspecified atom stereocenters. The highest BCUT2D eigenvalue weighted by Crippen LogP contribution is 2.35. The molecule has 2 heterocycles. The molecule has 0 aromatic carbocycles. The second-order valence-electron chi connectivity index (χ2n) is 5.98. The van der Waals surface area contributed by atoms with Crippen molar-refractivity contribution >= 4 is 5.97 Å². The lowest BCUT2D eigenvalue weighted by molar-refractivity contribution is -0.153. The van der Waals surface area contributed by atoms with Crippen molar-refractivity contribution < 1.29 is 15.0 Å². The Hall–Kier alpha value is -1.40. The number of rotatable bonds is 7. The van der Waals surface area contributed by atoms with Crippen LogP contribution in [0.3, 0.4) is 0 Å². The third-order valence-corrected chi connectivity index (χ3v) is 4.26. The van der Waals surface area contributed by atoms with Gasteiger partial charge in [-0.25, -0.2) is 0 Å². The molecular formula is C15H25N3O3. The summed E-state index contributed by atoms with van der Waals surface area (Å²) in [6, 6.07) is 0. The number of piperidine rings is 1. The van der Waals surface area contributed by atoms with Gasteiger partial charge in [0.25, 0.3) is 0 Å². The molecule has 1 atom stereocenters. The van der Waals surface area contributed by atoms with Gasteiger partial charge >= 0.3 is 5.97 Å². The molecule has 2 N–H and O–H groups in total. The number of aliphatic hydroxyl groups excluding tert-OH is 1. The van der Waals surface area contributed by atoms with E-state index in [0.29, 0.717) is 13.1 Å². The summed E-state index contributed by atoms with van der Waals surface area (Å²) in [5.41, 5.74) is 0.481. The number of aliphatic hydroxyl groups is 1. The minimum Gasteiger partial charge on any atom is -0.481 e. The van der Waals surface area contributed by atoms with Crippen LogP contribution in [0.4, 0.5) is 0 Å². The molecule has 6 heteroatoms. The maximum absolute atomic E-state index is 11.7. The Balaban J connectivity index is 2.01. The zero-order chi connectivity index (χ0) is 15.3. The lowest BCUT2D eigenvalue weighted by Gasteiger charge is -2.39. The standard InChI is InChI=1S/C15H25N3O3/c1-2-4-15(14(20)21)5-3-6-17(12-15)10-13-9-16-18(11-13)7-8-19/h9,11,19H,2-8,10,12H2,1H3,(H,20,21). The van der Waals surface area contributed by atoms with Gasteiger partial charge in [0, 0.05) is 24.8 Å². The summed E-state index contributed by atoms with van der Waals surface area (Å²) in [5.74, 6) is -0.662. The summed E-state index contributed by atoms with van der Waals surface area (Å²) in [6.07, 6.45) is 7.06. The average Bonchev–Trinajstić information content (AvgIpc) is 2.87. The van der Waals surface area contributed by atoms with Gasteiger partial charge in [-0.3, -0.25) is 14.4 Å². The second kappa shape index (κ2) is 7.04. The van der Waals surface area contributed by atoms with Crippen molar-refractivity contribution in [1.29, 1.82) is 0 Å². The number of aromatic nitrogens is 2. The summed E-state index contributed by atoms with van der Waals surface area (Å²) < 4.78 is 1.72. The Labute approximate surface area is 125 Å². The normalized spacial score (nSPS) is 23.3. The van der Waals surface area contributed by atoms with Crippen LogP contribution in [-0.2, 0) is 17.9 Å². The third kappa shape index (κ3) is 3.83. The molecule has 0 aliphatic carbocycles. The van der Waals surface area contributed by atoms with Gasteiger partial charge in [-0.05, 0) is 25.8 Å². The van der Waals surface area contributed by atoms with Gasteiger partial charge < -0.3 is 10.2 Å². The molecule has 1 aromatic rings. The monoisotopic (exact) mass is 295 g/mol. The van der Waals surface area contributed by atoms with Crippen LogP contribution >= 0.6 is 0 Å². The van der Waals surface area contributed by atoms with Gasteiger partial charge in [-0.15, -0.1) is 0 Å². The Morgan fingerprint density at radius 1 is 1.52 bits per heavy atom. The van der Waals surface area contributed by atoms with E-state index >= 15 is 0 Å². The molecule has 0 radical (unpaired) electrons. The summed E-state index contributed by atoms with van der Waals surface area (Å²) >= 11 is 0. The van der Waals surface area contributed by atoms with Crippen LogP contribution in [0.25, 0.3) is 0 Å². The highest BCUT2D eigenvalue weighted by molar-refractivity contribution is 5.75. The van der Waals surface area contributed by atoms with E-state index in [1.54, 1.807) is 10.9 Å². The molecule has 1 aliphatic heterocycles. The van der Waals surface area contributed by atoms with Crippen molar-refractivity contribution in [2.45, 2.75) is 45.7 Å². The molecule has 1 aromatic heterocycles. The van der Waals surface area contributed by atoms with Gasteiger partial charge in [-0.2, -0.15) is 5.10 Å². The summed E-state index contributed by atoms with van der Waals surface area (Å²) in [4.78, 5) is 13.9. The minimum atomic E-state index is -0.662. The Morgan fingerprint density at radius 3 is 3.00 bits per heavy atom. The number of carbonyl (C=O) groups is 1. The van der Waals surface area contributed by atoms with Crippen LogP contribution < -0.4 is 0 Å². The molecule has 0 bridgehead atoms. The van der Waals surface area contributed by atoms with Crippen LogP contribution in [-0.4, -0.2) is 50.6 Å². The first-order valence-electron chi connectivity index (χ1n) is 7.67. The van der Waals surface area contributed by atoms with Crippen LogP contribution in [0.5, 0.6) is 0 Å². The lowest BCUT2D eigenvalue weighted by Crippen LogP contribution is -2.47. The highest BCUT2D eigenvalue weighted by Gasteiger charge is 2.41. The van der Waals surface area contributed by atoms with Crippen LogP contribution in [0.1, 0.15) is 38.2 Å². The predicted molar refractivity (Wildman–Crippen MR) is 78.8 cm³/mol. The van der Waals surface area contributed by atoms with Gasteiger partial charge in [0.2, 0.25) is 0 Å². The summed E-state index contributed by atoms with van der Waals surface area (Å²) in [5, 5.41) is 22.7. The van der Waals surface area contributed by atoms with Crippen molar-refractivity contribution in [3.8, 4) is 0 Å². The highest BCUT2D eigenvalue weighted by atomic mass is 16.4. The van der Waals surface area contributed by atoms with E-state index in [9.17, 15) is 9.90 Å². The van der Waals surface area contributed by atoms with Crippen LogP contribution in [0.15, 0.2) is 12.4 Å². The molecule has 1 saturated heterocycles. The Kier molecular flexibility index (Phi) is 5.36. The zero-order valence-electron chi connectivity index (χ0n) is 12.7. The van der Waals surface area contributed by atoms with E-state index in [1.807, 2.05) is 13.1 Å². The number of hydrogen-bond donors (Lipinski definition) is 2. The van der Waals surface area contributed by atoms with Gasteiger partial charge in [0.1, 0.15) is 0 Å². The van der Waals surface area contributed by atoms with Crippen molar-refractivity contribution in [3.05, 3.63) is 18.0 Å². The van der Waals surface area contributed by atoms with Crippen molar-refractivity contribution in [3.63, 3.8) is 0 Å². The maximum Gasteiger partial charge on any atom is 0.310 e. The van der Waals surface area contributed by atoms with Crippen molar-refractivity contribution in [1.82, 2.24) is 14.7 Å². The molecule has 1 fully saturated rings. The summed E-state index contributed by atoms with van der Waals surface area (Å²) in [6.45, 7) is 4.89. The molecule has 6 nitrogen and oxygen atoms in total. The molecule has 0 amide bonds. The SMILES string of the molecule is CCCC1(C(=O)O)CCCN(Cc2cnn(CCO)c2)C1. The van der Waals surface area contributed by atoms with Gasteiger partial charge in [-0.1, -0.05) is 13.3 Å². The molecule has 0 saturated carbocycles. The summed E-state index contributed by atoms with van der Waals surface area (Å²) in [7, 11) is 0. The van der Waals surface area contributed by atoms with E-state index in [2.05, 4.69) is 10.00 Å². The topological polar surface area (TPSA) is 78.6 Å². The first-order valence-corrected chi connectivity index (χ1v) is 7.67. The quantitative estimate of drug-likeness (QED) is 0.793.